The average Bonchev–Trinajstić information content (AvgIpc) is 3.06. The first-order chi connectivity index (χ1) is 14.3. The molecule has 31 heavy (non-hydrogen) atoms. The molecular formula is C18H15F6N5O2. The molecule has 0 aliphatic rings. The van der Waals surface area contributed by atoms with Crippen LogP contribution in [0.5, 0.6) is 5.75 Å². The molecule has 3 rings (SSSR count). The van der Waals surface area contributed by atoms with Crippen molar-refractivity contribution in [1.29, 1.82) is 0 Å². The van der Waals surface area contributed by atoms with Crippen LogP contribution in [0.2, 0.25) is 0 Å². The number of ether oxygens (including phenoxy) is 1. The van der Waals surface area contributed by atoms with Crippen molar-refractivity contribution in [2.45, 2.75) is 39.2 Å². The molecule has 13 heteroatoms. The molecule has 0 saturated heterocycles. The Kier molecular flexibility index (Phi) is 5.79. The van der Waals surface area contributed by atoms with Crippen molar-refractivity contribution in [3.63, 3.8) is 0 Å². The topological polar surface area (TPSA) is 81.4 Å². The van der Waals surface area contributed by atoms with E-state index in [2.05, 4.69) is 25.1 Å². The Bertz CT molecular complexity index is 1110. The fraction of sp³-hybridized carbons (Fsp3) is 0.333. The number of rotatable bonds is 5. The van der Waals surface area contributed by atoms with Crippen LogP contribution < -0.4 is 10.1 Å². The number of hydrogen-bond donors (Lipinski definition) is 1. The van der Waals surface area contributed by atoms with Gasteiger partial charge in [0.2, 0.25) is 5.91 Å². The van der Waals surface area contributed by atoms with Crippen molar-refractivity contribution in [1.82, 2.24) is 19.6 Å². The highest BCUT2D eigenvalue weighted by atomic mass is 19.4. The monoisotopic (exact) mass is 447 g/mol. The fourth-order valence-corrected chi connectivity index (χ4v) is 2.89. The number of carbonyl (C=O) groups excluding carboxylic acids is 1. The average molecular weight is 447 g/mol. The number of hydrogen-bond acceptors (Lipinski definition) is 5. The van der Waals surface area contributed by atoms with Gasteiger partial charge in [-0.25, -0.2) is 9.50 Å². The smallest absolute Gasteiger partial charge is 0.406 e. The summed E-state index contributed by atoms with van der Waals surface area (Å²) in [5, 5.41) is 5.96. The molecule has 2 heterocycles. The Labute approximate surface area is 171 Å². The summed E-state index contributed by atoms with van der Waals surface area (Å²) in [5.41, 5.74) is 1.57. The van der Waals surface area contributed by atoms with Crippen LogP contribution in [0.25, 0.3) is 5.78 Å². The van der Waals surface area contributed by atoms with Crippen LogP contribution in [0.3, 0.4) is 0 Å². The van der Waals surface area contributed by atoms with E-state index in [-0.39, 0.29) is 24.3 Å². The summed E-state index contributed by atoms with van der Waals surface area (Å²) < 4.78 is 79.8. The zero-order chi connectivity index (χ0) is 23.0. The van der Waals surface area contributed by atoms with Crippen molar-refractivity contribution in [3.8, 4) is 5.75 Å². The molecule has 2 aromatic heterocycles. The summed E-state index contributed by atoms with van der Waals surface area (Å²) >= 11 is 0. The third-order valence-corrected chi connectivity index (χ3v) is 4.28. The molecule has 0 aliphatic carbocycles. The Hall–Kier alpha value is -3.38. The molecule has 7 nitrogen and oxygen atoms in total. The van der Waals surface area contributed by atoms with E-state index in [1.165, 1.54) is 12.1 Å². The number of aryl methyl sites for hydroxylation is 2. The lowest BCUT2D eigenvalue weighted by molar-refractivity contribution is -0.274. The normalized spacial score (nSPS) is 12.3. The number of amides is 1. The number of carbonyl (C=O) groups is 1. The van der Waals surface area contributed by atoms with Gasteiger partial charge in [0.15, 0.2) is 0 Å². The van der Waals surface area contributed by atoms with Crippen molar-refractivity contribution in [2.75, 3.05) is 5.32 Å². The second kappa shape index (κ2) is 8.04. The molecule has 1 N–H and O–H groups in total. The van der Waals surface area contributed by atoms with Crippen molar-refractivity contribution >= 4 is 17.4 Å². The molecule has 3 aromatic rings. The molecule has 1 amide bonds. The largest absolute Gasteiger partial charge is 0.573 e. The first kappa shape index (κ1) is 22.3. The Morgan fingerprint density at radius 3 is 2.29 bits per heavy atom. The van der Waals surface area contributed by atoms with Crippen molar-refractivity contribution in [2.24, 2.45) is 0 Å². The van der Waals surface area contributed by atoms with E-state index < -0.39 is 30.0 Å². The lowest BCUT2D eigenvalue weighted by atomic mass is 10.1. The number of aromatic nitrogens is 4. The van der Waals surface area contributed by atoms with Gasteiger partial charge in [-0.05, 0) is 50.1 Å². The molecule has 166 valence electrons. The van der Waals surface area contributed by atoms with Gasteiger partial charge in [0.25, 0.3) is 11.6 Å². The Morgan fingerprint density at radius 2 is 1.71 bits per heavy atom. The highest BCUT2D eigenvalue weighted by Crippen LogP contribution is 2.27. The highest BCUT2D eigenvalue weighted by Gasteiger charge is 2.37. The molecule has 0 atom stereocenters. The summed E-state index contributed by atoms with van der Waals surface area (Å²) in [7, 11) is 0. The maximum absolute atomic E-state index is 12.8. The summed E-state index contributed by atoms with van der Waals surface area (Å²) in [5.74, 6) is -2.38. The van der Waals surface area contributed by atoms with E-state index in [1.54, 1.807) is 13.8 Å². The molecule has 0 spiro atoms. The number of benzene rings is 1. The summed E-state index contributed by atoms with van der Waals surface area (Å²) in [6.45, 7) is 3.13. The third-order valence-electron chi connectivity index (χ3n) is 4.28. The summed E-state index contributed by atoms with van der Waals surface area (Å²) in [6, 6.07) is 4.60. The van der Waals surface area contributed by atoms with Crippen LogP contribution in [0, 0.1) is 13.8 Å². The lowest BCUT2D eigenvalue weighted by Gasteiger charge is -2.11. The number of nitrogens with zero attached hydrogens (tertiary/aromatic N) is 4. The molecule has 0 unspecified atom stereocenters. The number of alkyl halides is 6. The van der Waals surface area contributed by atoms with Crippen LogP contribution in [-0.2, 0) is 17.4 Å². The van der Waals surface area contributed by atoms with Gasteiger partial charge >= 0.3 is 12.5 Å². The Morgan fingerprint density at radius 1 is 1.06 bits per heavy atom. The molecule has 0 aliphatic heterocycles. The molecule has 0 radical (unpaired) electrons. The second-order valence-corrected chi connectivity index (χ2v) is 6.53. The van der Waals surface area contributed by atoms with Gasteiger partial charge in [-0.1, -0.05) is 0 Å². The van der Waals surface area contributed by atoms with E-state index >= 15 is 0 Å². The van der Waals surface area contributed by atoms with E-state index in [9.17, 15) is 31.1 Å². The predicted octanol–water partition coefficient (Wildman–Crippen LogP) is 4.23. The Balaban J connectivity index is 1.68. The first-order valence-electron chi connectivity index (χ1n) is 8.79. The maximum atomic E-state index is 12.8. The number of fused-ring (bicyclic) bond motifs is 1. The van der Waals surface area contributed by atoms with Crippen LogP contribution in [0.15, 0.2) is 24.3 Å². The molecule has 0 bridgehead atoms. The molecular weight excluding hydrogens is 432 g/mol. The fourth-order valence-electron chi connectivity index (χ4n) is 2.89. The quantitative estimate of drug-likeness (QED) is 0.592. The van der Waals surface area contributed by atoms with Gasteiger partial charge < -0.3 is 10.1 Å². The van der Waals surface area contributed by atoms with Gasteiger partial charge in [0.1, 0.15) is 5.75 Å². The minimum absolute atomic E-state index is 0.0451. The van der Waals surface area contributed by atoms with Gasteiger partial charge in [0.05, 0.1) is 0 Å². The van der Waals surface area contributed by atoms with Crippen LogP contribution in [-0.4, -0.2) is 31.9 Å². The summed E-state index contributed by atoms with van der Waals surface area (Å²) in [6.07, 6.45) is -9.42. The van der Waals surface area contributed by atoms with Crippen LogP contribution in [0.1, 0.15) is 29.2 Å². The van der Waals surface area contributed by atoms with Gasteiger partial charge in [-0.3, -0.25) is 4.79 Å². The van der Waals surface area contributed by atoms with Gasteiger partial charge in [-0.15, -0.1) is 18.3 Å². The number of nitrogens with one attached hydrogen (secondary N) is 1. The third kappa shape index (κ3) is 5.41. The molecule has 0 saturated carbocycles. The maximum Gasteiger partial charge on any atom is 0.573 e. The molecule has 0 fully saturated rings. The van der Waals surface area contributed by atoms with E-state index in [4.69, 9.17) is 0 Å². The predicted molar refractivity (Wildman–Crippen MR) is 95.3 cm³/mol. The second-order valence-electron chi connectivity index (χ2n) is 6.53. The highest BCUT2D eigenvalue weighted by molar-refractivity contribution is 5.90. The van der Waals surface area contributed by atoms with Crippen LogP contribution >= 0.6 is 0 Å². The van der Waals surface area contributed by atoms with Gasteiger partial charge in [-0.2, -0.15) is 18.2 Å². The number of anilines is 1. The first-order valence-corrected chi connectivity index (χ1v) is 8.79. The van der Waals surface area contributed by atoms with E-state index in [1.807, 2.05) is 0 Å². The zero-order valence-electron chi connectivity index (χ0n) is 16.1. The minimum atomic E-state index is -4.82. The minimum Gasteiger partial charge on any atom is -0.406 e. The lowest BCUT2D eigenvalue weighted by Crippen LogP contribution is -2.17. The zero-order valence-corrected chi connectivity index (χ0v) is 16.1. The van der Waals surface area contributed by atoms with E-state index in [0.717, 1.165) is 16.6 Å². The van der Waals surface area contributed by atoms with E-state index in [0.29, 0.717) is 17.0 Å². The summed E-state index contributed by atoms with van der Waals surface area (Å²) in [4.78, 5) is 19.6. The van der Waals surface area contributed by atoms with Crippen molar-refractivity contribution < 1.29 is 35.9 Å². The van der Waals surface area contributed by atoms with Crippen LogP contribution in [0.4, 0.5) is 32.0 Å². The molecule has 1 aromatic carbocycles. The number of halogens is 6. The standard InChI is InChI=1S/C18H15F6N5O2/c1-9-13(10(2)29-16(25-9)27-15(28-29)17(19,20)21)7-8-14(30)26-11-3-5-12(6-4-11)31-18(22,23)24/h3-6H,7-8H2,1-2H3,(H,26,30). The van der Waals surface area contributed by atoms with Crippen molar-refractivity contribution in [3.05, 3.63) is 47.0 Å². The SMILES string of the molecule is Cc1nc2nc(C(F)(F)F)nn2c(C)c1CCC(=O)Nc1ccc(OC(F)(F)F)cc1. The van der Waals surface area contributed by atoms with Gasteiger partial charge in [0, 0.05) is 23.5 Å².